The van der Waals surface area contributed by atoms with Crippen molar-refractivity contribution in [3.8, 4) is 11.1 Å². The van der Waals surface area contributed by atoms with Crippen molar-refractivity contribution in [1.29, 1.82) is 0 Å². The Hall–Kier alpha value is -2.08. The summed E-state index contributed by atoms with van der Waals surface area (Å²) in [5, 5.41) is 4.70. The van der Waals surface area contributed by atoms with E-state index >= 15 is 0 Å². The lowest BCUT2D eigenvalue weighted by molar-refractivity contribution is -0.137. The van der Waals surface area contributed by atoms with Crippen LogP contribution in [0.15, 0.2) is 66.7 Å². The van der Waals surface area contributed by atoms with Crippen LogP contribution in [0, 0.1) is 5.92 Å². The molecule has 0 N–H and O–H groups in total. The molecule has 0 saturated heterocycles. The number of halogens is 4. The van der Waals surface area contributed by atoms with Crippen LogP contribution in [-0.4, -0.2) is 4.43 Å². The van der Waals surface area contributed by atoms with Gasteiger partial charge in [-0.25, -0.2) is 0 Å². The summed E-state index contributed by atoms with van der Waals surface area (Å²) in [7, 11) is 0. The molecule has 0 aliphatic heterocycles. The van der Waals surface area contributed by atoms with E-state index in [1.54, 1.807) is 12.1 Å². The molecule has 1 aliphatic carbocycles. The Morgan fingerprint density at radius 1 is 0.833 bits per heavy atom. The highest BCUT2D eigenvalue weighted by Gasteiger charge is 2.30. The minimum atomic E-state index is -4.32. The number of aryl methyl sites for hydroxylation is 1. The van der Waals surface area contributed by atoms with Crippen LogP contribution in [0.2, 0.25) is 0 Å². The summed E-state index contributed by atoms with van der Waals surface area (Å²) >= 11 is 2.48. The molecule has 0 fully saturated rings. The van der Waals surface area contributed by atoms with Gasteiger partial charge in [-0.05, 0) is 87.2 Å². The lowest BCUT2D eigenvalue weighted by Crippen LogP contribution is -2.15. The van der Waals surface area contributed by atoms with Gasteiger partial charge in [0.05, 0.1) is 5.56 Å². The summed E-state index contributed by atoms with van der Waals surface area (Å²) in [6.45, 7) is 0. The molecule has 0 nitrogen and oxygen atoms in total. The second-order valence-electron chi connectivity index (χ2n) is 8.11. The first kappa shape index (κ1) is 19.9. The summed E-state index contributed by atoms with van der Waals surface area (Å²) in [4.78, 5) is 0. The topological polar surface area (TPSA) is 0 Å². The minimum absolute atomic E-state index is 0.612. The quantitative estimate of drug-likeness (QED) is 0.143. The highest BCUT2D eigenvalue weighted by Crippen LogP contribution is 2.40. The minimum Gasteiger partial charge on any atom is -0.166 e. The van der Waals surface area contributed by atoms with Crippen LogP contribution >= 0.6 is 22.6 Å². The van der Waals surface area contributed by atoms with Gasteiger partial charge >= 0.3 is 6.18 Å². The first-order chi connectivity index (χ1) is 14.5. The molecular weight excluding hydrogens is 496 g/mol. The van der Waals surface area contributed by atoms with Gasteiger partial charge in [0.15, 0.2) is 0 Å². The number of benzene rings is 4. The fourth-order valence-corrected chi connectivity index (χ4v) is 5.49. The zero-order chi connectivity index (χ0) is 20.9. The third-order valence-electron chi connectivity index (χ3n) is 6.30. The SMILES string of the molecule is FC(F)(F)c1ccc(-c2cc3c4c(ccc3c3ccccc23)CC(CI)CC4)cc1. The van der Waals surface area contributed by atoms with Gasteiger partial charge in [0.1, 0.15) is 0 Å². The van der Waals surface area contributed by atoms with E-state index in [-0.39, 0.29) is 0 Å². The van der Waals surface area contributed by atoms with Gasteiger partial charge < -0.3 is 0 Å². The van der Waals surface area contributed by atoms with Crippen molar-refractivity contribution in [3.05, 3.63) is 83.4 Å². The van der Waals surface area contributed by atoms with Crippen molar-refractivity contribution >= 4 is 44.1 Å². The molecule has 0 aromatic heterocycles. The number of rotatable bonds is 2. The van der Waals surface area contributed by atoms with Gasteiger partial charge in [0.25, 0.3) is 0 Å². The monoisotopic (exact) mass is 516 g/mol. The number of hydrogen-bond donors (Lipinski definition) is 0. The Balaban J connectivity index is 1.75. The normalized spacial score (nSPS) is 16.7. The smallest absolute Gasteiger partial charge is 0.166 e. The molecule has 5 rings (SSSR count). The summed E-state index contributed by atoms with van der Waals surface area (Å²) in [5.74, 6) is 0.727. The average molecular weight is 516 g/mol. The summed E-state index contributed by atoms with van der Waals surface area (Å²) in [5.41, 5.74) is 4.03. The summed E-state index contributed by atoms with van der Waals surface area (Å²) < 4.78 is 40.3. The van der Waals surface area contributed by atoms with E-state index in [9.17, 15) is 13.2 Å². The maximum Gasteiger partial charge on any atom is 0.416 e. The number of alkyl halides is 4. The van der Waals surface area contributed by atoms with E-state index in [0.717, 1.165) is 40.7 Å². The maximum absolute atomic E-state index is 13.0. The molecule has 1 unspecified atom stereocenters. The first-order valence-electron chi connectivity index (χ1n) is 10.2. The van der Waals surface area contributed by atoms with Gasteiger partial charge in [-0.15, -0.1) is 0 Å². The van der Waals surface area contributed by atoms with E-state index in [1.807, 2.05) is 12.1 Å². The van der Waals surface area contributed by atoms with Crippen LogP contribution in [0.1, 0.15) is 23.1 Å². The Morgan fingerprint density at radius 2 is 1.53 bits per heavy atom. The molecule has 4 aromatic carbocycles. The van der Waals surface area contributed by atoms with Gasteiger partial charge in [-0.3, -0.25) is 0 Å². The molecule has 0 heterocycles. The lowest BCUT2D eigenvalue weighted by atomic mass is 9.81. The van der Waals surface area contributed by atoms with Gasteiger partial charge in [0, 0.05) is 4.43 Å². The Bertz CT molecular complexity index is 1240. The number of hydrogen-bond acceptors (Lipinski definition) is 0. The highest BCUT2D eigenvalue weighted by atomic mass is 127. The Morgan fingerprint density at radius 3 is 2.23 bits per heavy atom. The van der Waals surface area contributed by atoms with Crippen molar-refractivity contribution < 1.29 is 13.2 Å². The summed E-state index contributed by atoms with van der Waals surface area (Å²) in [6.07, 6.45) is -0.961. The average Bonchev–Trinajstić information content (AvgIpc) is 2.77. The molecule has 0 spiro atoms. The van der Waals surface area contributed by atoms with Crippen molar-refractivity contribution in [2.75, 3.05) is 4.43 Å². The lowest BCUT2D eigenvalue weighted by Gasteiger charge is -2.25. The molecule has 1 aliphatic rings. The molecule has 30 heavy (non-hydrogen) atoms. The van der Waals surface area contributed by atoms with Gasteiger partial charge in [-0.1, -0.05) is 71.1 Å². The van der Waals surface area contributed by atoms with E-state index < -0.39 is 11.7 Å². The fraction of sp³-hybridized carbons (Fsp3) is 0.231. The second-order valence-corrected chi connectivity index (χ2v) is 8.99. The van der Waals surface area contributed by atoms with Crippen LogP contribution in [0.5, 0.6) is 0 Å². The predicted octanol–water partition coefficient (Wildman–Crippen LogP) is 8.22. The second kappa shape index (κ2) is 7.56. The summed E-state index contributed by atoms with van der Waals surface area (Å²) in [6, 6.07) is 20.5. The molecule has 0 radical (unpaired) electrons. The molecule has 152 valence electrons. The van der Waals surface area contributed by atoms with E-state index in [4.69, 9.17) is 0 Å². The van der Waals surface area contributed by atoms with E-state index in [1.165, 1.54) is 44.9 Å². The molecular formula is C26H20F3I. The number of fused-ring (bicyclic) bond motifs is 5. The fourth-order valence-electron chi connectivity index (χ4n) is 4.74. The maximum atomic E-state index is 13.0. The van der Waals surface area contributed by atoms with Crippen molar-refractivity contribution in [2.45, 2.75) is 25.4 Å². The zero-order valence-electron chi connectivity index (χ0n) is 16.3. The third kappa shape index (κ3) is 3.39. The Kier molecular flexibility index (Phi) is 5.00. The molecule has 4 aromatic rings. The van der Waals surface area contributed by atoms with Crippen LogP contribution < -0.4 is 0 Å². The molecule has 0 amide bonds. The largest absolute Gasteiger partial charge is 0.416 e. The standard InChI is InChI=1S/C26H20F3I/c27-26(28,29)19-9-6-17(7-10-19)24-14-25-20-11-5-16(15-30)13-18(20)8-12-23(25)21-3-1-2-4-22(21)24/h1-4,6-10,12,14,16H,5,11,13,15H2. The van der Waals surface area contributed by atoms with Crippen LogP contribution in [0.4, 0.5) is 13.2 Å². The Labute approximate surface area is 187 Å². The molecule has 0 bridgehead atoms. The highest BCUT2D eigenvalue weighted by molar-refractivity contribution is 14.1. The zero-order valence-corrected chi connectivity index (χ0v) is 18.4. The van der Waals surface area contributed by atoms with Crippen LogP contribution in [0.25, 0.3) is 32.7 Å². The van der Waals surface area contributed by atoms with Gasteiger partial charge in [0.2, 0.25) is 0 Å². The predicted molar refractivity (Wildman–Crippen MR) is 126 cm³/mol. The molecule has 1 atom stereocenters. The van der Waals surface area contributed by atoms with Crippen LogP contribution in [-0.2, 0) is 19.0 Å². The van der Waals surface area contributed by atoms with E-state index in [0.29, 0.717) is 0 Å². The first-order valence-corrected chi connectivity index (χ1v) is 11.7. The van der Waals surface area contributed by atoms with Crippen LogP contribution in [0.3, 0.4) is 0 Å². The van der Waals surface area contributed by atoms with Crippen molar-refractivity contribution in [1.82, 2.24) is 0 Å². The van der Waals surface area contributed by atoms with Gasteiger partial charge in [-0.2, -0.15) is 13.2 Å². The van der Waals surface area contributed by atoms with E-state index in [2.05, 4.69) is 52.9 Å². The van der Waals surface area contributed by atoms with Crippen molar-refractivity contribution in [2.24, 2.45) is 5.92 Å². The third-order valence-corrected chi connectivity index (χ3v) is 7.55. The van der Waals surface area contributed by atoms with Crippen molar-refractivity contribution in [3.63, 3.8) is 0 Å². The molecule has 0 saturated carbocycles. The molecule has 4 heteroatoms.